The molecule has 126 heavy (non-hydrogen) atoms. The molecule has 0 unspecified atom stereocenters. The quantitative estimate of drug-likeness (QED) is 0.101. The molecule has 0 aliphatic heterocycles. The second-order valence-electron chi connectivity index (χ2n) is 19.0. The molecule has 0 saturated heterocycles. The summed E-state index contributed by atoms with van der Waals surface area (Å²) in [4.78, 5) is 7.00. The Hall–Kier alpha value is -13.5. The van der Waals surface area contributed by atoms with E-state index in [0.29, 0.717) is 67.0 Å². The van der Waals surface area contributed by atoms with E-state index >= 15 is 0 Å². The van der Waals surface area contributed by atoms with Crippen molar-refractivity contribution in [1.82, 2.24) is 0 Å². The third-order valence-electron chi connectivity index (χ3n) is 9.51. The highest BCUT2D eigenvalue weighted by molar-refractivity contribution is 6.28. The number of hydrogen-bond acceptors (Lipinski definition) is 14. The van der Waals surface area contributed by atoms with Crippen molar-refractivity contribution in [2.45, 2.75) is 0 Å². The van der Waals surface area contributed by atoms with Gasteiger partial charge < -0.3 is 101 Å². The van der Waals surface area contributed by atoms with Crippen molar-refractivity contribution in [1.29, 1.82) is 0 Å². The first kappa shape index (κ1) is 126. The number of nitrogens with zero attached hydrogens (tertiary/aromatic N) is 14. The molecular formula is C70H70B7F21N14O14. The molecule has 0 atom stereocenters. The Bertz CT molecular complexity index is 3360. The van der Waals surface area contributed by atoms with Crippen molar-refractivity contribution < 1.29 is 230 Å². The van der Waals surface area contributed by atoms with E-state index in [4.69, 9.17) is 70.3 Å². The largest absolute Gasteiger partial charge is 0.867 e. The average molecular weight is 1810 g/mol. The second kappa shape index (κ2) is 95.4. The molecule has 0 bridgehead atoms. The van der Waals surface area contributed by atoms with Gasteiger partial charge in [0.25, 0.3) is 0 Å². The van der Waals surface area contributed by atoms with Crippen LogP contribution in [0, 0.1) is 0 Å². The van der Waals surface area contributed by atoms with E-state index in [2.05, 4.69) is 0 Å². The number of pyridine rings is 14. The third-order valence-corrected chi connectivity index (χ3v) is 9.51. The van der Waals surface area contributed by atoms with Gasteiger partial charge in [0.15, 0.2) is 0 Å². The standard InChI is InChI=1S/14C5H5FN.7BFO2/c14*6-7-4-2-1-3-5-7;7*2-1(3)4/h14*1-5H;;;;;;;/q14*+1;7*-2. The molecule has 56 heteroatoms. The van der Waals surface area contributed by atoms with E-state index in [1.54, 1.807) is 255 Å². The fourth-order valence-electron chi connectivity index (χ4n) is 5.29. The van der Waals surface area contributed by atoms with Crippen LogP contribution in [0.25, 0.3) is 0 Å². The van der Waals surface area contributed by atoms with Crippen LogP contribution in [0.4, 0.5) is 92.9 Å². The Balaban J connectivity index is -0.000000237. The predicted molar refractivity (Wildman–Crippen MR) is 372 cm³/mol. The van der Waals surface area contributed by atoms with Gasteiger partial charge in [0.05, 0.1) is 62.7 Å². The zero-order valence-electron chi connectivity index (χ0n) is 64.4. The van der Waals surface area contributed by atoms with Crippen molar-refractivity contribution in [3.05, 3.63) is 428 Å². The van der Waals surface area contributed by atoms with Gasteiger partial charge in [-0.2, -0.15) is 0 Å². The highest BCUT2D eigenvalue weighted by atomic mass is 19.2. The van der Waals surface area contributed by atoms with Gasteiger partial charge in [-0.3, -0.25) is 0 Å². The summed E-state index contributed by atoms with van der Waals surface area (Å²) in [7, 11) is -22.2. The van der Waals surface area contributed by atoms with Crippen LogP contribution in [0.3, 0.4) is 0 Å². The molecule has 0 N–H and O–H groups in total. The van der Waals surface area contributed by atoms with Gasteiger partial charge in [0.1, 0.15) is 51.8 Å². The lowest BCUT2D eigenvalue weighted by Crippen LogP contribution is -2.39. The number of rotatable bonds is 0. The van der Waals surface area contributed by atoms with Gasteiger partial charge >= 0.3 is 0 Å². The minimum Gasteiger partial charge on any atom is -0.867 e. The van der Waals surface area contributed by atoms with Crippen LogP contribution in [0.2, 0.25) is 0 Å². The van der Waals surface area contributed by atoms with Gasteiger partial charge in [0, 0.05) is 237 Å². The number of halogens is 21. The van der Waals surface area contributed by atoms with E-state index in [-0.39, 0.29) is 0 Å². The summed E-state index contributed by atoms with van der Waals surface area (Å²) in [5.41, 5.74) is 0. The fourth-order valence-corrected chi connectivity index (χ4v) is 5.29. The van der Waals surface area contributed by atoms with Gasteiger partial charge in [0.2, 0.25) is 174 Å². The van der Waals surface area contributed by atoms with Crippen LogP contribution >= 0.6 is 0 Å². The lowest BCUT2D eigenvalue weighted by atomic mass is 10.3. The Morgan fingerprint density at radius 1 is 0.0952 bits per heavy atom. The van der Waals surface area contributed by atoms with Gasteiger partial charge in [-0.15, -0.1) is 0 Å². The molecular weight excluding hydrogens is 1740 g/mol. The van der Waals surface area contributed by atoms with Gasteiger partial charge in [-0.05, 0) is 0 Å². The van der Waals surface area contributed by atoms with E-state index in [0.717, 1.165) is 0 Å². The summed E-state index contributed by atoms with van der Waals surface area (Å²) < 4.78 is 235. The minimum atomic E-state index is -3.17. The minimum absolute atomic E-state index is 0.500. The number of hydrogen-bond donors (Lipinski definition) is 0. The molecule has 0 fully saturated rings. The van der Waals surface area contributed by atoms with Gasteiger partial charge in [-0.1, -0.05) is 84.9 Å². The zero-order chi connectivity index (χ0) is 96.6. The highest BCUT2D eigenvalue weighted by Crippen LogP contribution is 1.82. The molecule has 0 saturated carbocycles. The molecule has 0 aliphatic rings. The summed E-state index contributed by atoms with van der Waals surface area (Å²) in [6.45, 7) is 0. The summed E-state index contributed by atoms with van der Waals surface area (Å²) in [6.07, 6.45) is 37.3. The Morgan fingerprint density at radius 2 is 0.127 bits per heavy atom. The predicted octanol–water partition coefficient (Wildman–Crippen LogP) is -6.48. The highest BCUT2D eigenvalue weighted by Gasteiger charge is 1.95. The molecule has 0 aromatic carbocycles. The maximum atomic E-state index is 11.8. The monoisotopic (exact) mass is 1810 g/mol. The molecule has 14 aromatic rings. The summed E-state index contributed by atoms with van der Waals surface area (Å²) >= 11 is 0. The lowest BCUT2D eigenvalue weighted by molar-refractivity contribution is -0.843. The van der Waals surface area contributed by atoms with Crippen molar-refractivity contribution in [3.8, 4) is 0 Å². The van der Waals surface area contributed by atoms with Crippen molar-refractivity contribution >= 4 is 51.8 Å². The maximum Gasteiger partial charge on any atom is 0.218 e. The maximum absolute atomic E-state index is 11.8. The van der Waals surface area contributed by atoms with E-state index < -0.39 is 51.8 Å². The van der Waals surface area contributed by atoms with Crippen molar-refractivity contribution in [2.24, 2.45) is 0 Å². The molecule has 0 radical (unpaired) electrons. The summed E-state index contributed by atoms with van der Waals surface area (Å²) in [6, 6.07) is 70.1. The van der Waals surface area contributed by atoms with Crippen LogP contribution in [0.5, 0.6) is 0 Å². The van der Waals surface area contributed by atoms with Crippen LogP contribution in [-0.2, 0) is 0 Å². The number of aromatic nitrogens is 14. The average Bonchev–Trinajstić information content (AvgIpc) is 1.13. The van der Waals surface area contributed by atoms with Gasteiger partial charge in [-0.25, -0.2) is 0 Å². The van der Waals surface area contributed by atoms with Crippen molar-refractivity contribution in [2.75, 3.05) is 0 Å². The second-order valence-corrected chi connectivity index (χ2v) is 19.0. The Kier molecular flexibility index (Phi) is 95.1. The molecule has 28 nitrogen and oxygen atoms in total. The third kappa shape index (κ3) is 137. The molecule has 0 spiro atoms. The first-order chi connectivity index (χ1) is 59.6. The molecule has 14 rings (SSSR count). The smallest absolute Gasteiger partial charge is 0.218 e. The molecule has 14 heterocycles. The van der Waals surface area contributed by atoms with Crippen molar-refractivity contribution in [3.63, 3.8) is 0 Å². The SMILES string of the molecule is F[n+]1ccccc1.F[n+]1ccccc1.F[n+]1ccccc1.F[n+]1ccccc1.F[n+]1ccccc1.F[n+]1ccccc1.F[n+]1ccccc1.F[n+]1ccccc1.F[n+]1ccccc1.F[n+]1ccccc1.F[n+]1ccccc1.F[n+]1ccccc1.F[n+]1ccccc1.F[n+]1ccccc1.[O-]B([O-])F.[O-]B([O-])F.[O-]B([O-])F.[O-]B([O-])F.[O-]B([O-])F.[O-]B([O-])F.[O-]B([O-])F. The molecule has 14 aromatic heterocycles. The van der Waals surface area contributed by atoms with E-state index in [1.807, 2.05) is 0 Å². The lowest BCUT2D eigenvalue weighted by Gasteiger charge is -2.09. The van der Waals surface area contributed by atoms with Crippen LogP contribution in [0.15, 0.2) is 428 Å². The molecule has 0 aliphatic carbocycles. The van der Waals surface area contributed by atoms with E-state index in [1.165, 1.54) is 174 Å². The summed E-state index contributed by atoms with van der Waals surface area (Å²) in [5, 5.41) is 116. The zero-order valence-corrected chi connectivity index (χ0v) is 64.4. The van der Waals surface area contributed by atoms with E-state index in [9.17, 15) is 92.9 Å². The molecule has 672 valence electrons. The van der Waals surface area contributed by atoms with Crippen LogP contribution in [0.1, 0.15) is 0 Å². The first-order valence-electron chi connectivity index (χ1n) is 33.1. The van der Waals surface area contributed by atoms with Crippen LogP contribution < -0.4 is 137 Å². The normalized spacial score (nSPS) is 8.28. The Morgan fingerprint density at radius 3 is 0.143 bits per heavy atom. The summed E-state index contributed by atoms with van der Waals surface area (Å²) in [5.74, 6) is 0. The fraction of sp³-hybridized carbons (Fsp3) is 0. The first-order valence-corrected chi connectivity index (χ1v) is 33.1. The van der Waals surface area contributed by atoms with Crippen LogP contribution in [-0.4, -0.2) is 51.8 Å². The topological polar surface area (TPSA) is 377 Å². The Labute approximate surface area is 708 Å². The molecule has 0 amide bonds.